The summed E-state index contributed by atoms with van der Waals surface area (Å²) in [5, 5.41) is 0. The van der Waals surface area contributed by atoms with Gasteiger partial charge in [0.15, 0.2) is 6.29 Å². The minimum atomic E-state index is -0.371. The highest BCUT2D eigenvalue weighted by molar-refractivity contribution is 5.86. The minimum absolute atomic E-state index is 0.282. The molecule has 0 amide bonds. The molecule has 0 aliphatic carbocycles. The van der Waals surface area contributed by atoms with Crippen LogP contribution in [0.25, 0.3) is 6.08 Å². The monoisotopic (exact) mass is 316 g/mol. The zero-order valence-corrected chi connectivity index (χ0v) is 13.8. The standard InChI is InChI=1S/C19H24O4/c1-4-19(14-23-18(20)15(2)3)12-21-17(22-13-19)11-10-16-8-6-5-7-9-16/h5-11,17H,2,4,12-14H2,1,3H3/b11-10+. The Bertz CT molecular complexity index is 554. The molecule has 1 aliphatic rings. The van der Waals surface area contributed by atoms with Crippen LogP contribution in [0.5, 0.6) is 0 Å². The van der Waals surface area contributed by atoms with Gasteiger partial charge in [-0.15, -0.1) is 0 Å². The highest BCUT2D eigenvalue weighted by Crippen LogP contribution is 2.29. The highest BCUT2D eigenvalue weighted by Gasteiger charge is 2.36. The van der Waals surface area contributed by atoms with E-state index < -0.39 is 0 Å². The summed E-state index contributed by atoms with van der Waals surface area (Å²) in [6, 6.07) is 9.99. The lowest BCUT2D eigenvalue weighted by atomic mass is 9.87. The van der Waals surface area contributed by atoms with Crippen molar-refractivity contribution in [2.45, 2.75) is 26.6 Å². The van der Waals surface area contributed by atoms with Crippen molar-refractivity contribution in [3.63, 3.8) is 0 Å². The SMILES string of the molecule is C=C(C)C(=O)OCC1(CC)COC(/C=C/c2ccccc2)OC1. The summed E-state index contributed by atoms with van der Waals surface area (Å²) in [7, 11) is 0. The van der Waals surface area contributed by atoms with E-state index in [2.05, 4.69) is 6.58 Å². The fourth-order valence-electron chi connectivity index (χ4n) is 2.20. The molecule has 124 valence electrons. The second-order valence-corrected chi connectivity index (χ2v) is 5.97. The average Bonchev–Trinajstić information content (AvgIpc) is 2.59. The molecule has 0 spiro atoms. The van der Waals surface area contributed by atoms with Gasteiger partial charge in [-0.05, 0) is 25.0 Å². The Morgan fingerprint density at radius 1 is 1.35 bits per heavy atom. The van der Waals surface area contributed by atoms with Crippen LogP contribution in [0.2, 0.25) is 0 Å². The third-order valence-corrected chi connectivity index (χ3v) is 3.96. The predicted molar refractivity (Wildman–Crippen MR) is 89.7 cm³/mol. The molecule has 1 heterocycles. The Kier molecular flexibility index (Phi) is 6.13. The first kappa shape index (κ1) is 17.4. The summed E-state index contributed by atoms with van der Waals surface area (Å²) in [6.07, 6.45) is 4.32. The molecule has 1 fully saturated rings. The maximum Gasteiger partial charge on any atom is 0.333 e. The van der Waals surface area contributed by atoms with Crippen molar-refractivity contribution in [1.82, 2.24) is 0 Å². The highest BCUT2D eigenvalue weighted by atomic mass is 16.7. The number of carbonyl (C=O) groups is 1. The fourth-order valence-corrected chi connectivity index (χ4v) is 2.20. The molecule has 1 saturated heterocycles. The molecule has 2 rings (SSSR count). The van der Waals surface area contributed by atoms with Gasteiger partial charge in [-0.3, -0.25) is 0 Å². The van der Waals surface area contributed by atoms with Crippen LogP contribution in [0.4, 0.5) is 0 Å². The lowest BCUT2D eigenvalue weighted by Gasteiger charge is -2.38. The molecule has 4 nitrogen and oxygen atoms in total. The number of esters is 1. The Labute approximate surface area is 137 Å². The smallest absolute Gasteiger partial charge is 0.333 e. The van der Waals surface area contributed by atoms with Gasteiger partial charge in [0.2, 0.25) is 0 Å². The van der Waals surface area contributed by atoms with E-state index in [1.807, 2.05) is 49.4 Å². The van der Waals surface area contributed by atoms with E-state index in [0.29, 0.717) is 18.8 Å². The van der Waals surface area contributed by atoms with Crippen LogP contribution in [-0.2, 0) is 19.0 Å². The van der Waals surface area contributed by atoms with E-state index in [0.717, 1.165) is 12.0 Å². The fraction of sp³-hybridized carbons (Fsp3) is 0.421. The van der Waals surface area contributed by atoms with E-state index >= 15 is 0 Å². The first-order valence-corrected chi connectivity index (χ1v) is 7.84. The van der Waals surface area contributed by atoms with Gasteiger partial charge in [-0.1, -0.05) is 49.9 Å². The van der Waals surface area contributed by atoms with Crippen LogP contribution in [0.15, 0.2) is 48.6 Å². The van der Waals surface area contributed by atoms with Gasteiger partial charge in [0.1, 0.15) is 6.61 Å². The third-order valence-electron chi connectivity index (χ3n) is 3.96. The molecule has 0 saturated carbocycles. The normalized spacial score (nSPS) is 24.5. The van der Waals surface area contributed by atoms with E-state index in [1.54, 1.807) is 6.92 Å². The molecule has 1 aromatic carbocycles. The van der Waals surface area contributed by atoms with Crippen molar-refractivity contribution >= 4 is 12.0 Å². The van der Waals surface area contributed by atoms with E-state index in [9.17, 15) is 4.79 Å². The van der Waals surface area contributed by atoms with Crippen LogP contribution in [0, 0.1) is 5.41 Å². The molecule has 0 unspecified atom stereocenters. The number of carbonyl (C=O) groups excluding carboxylic acids is 1. The summed E-state index contributed by atoms with van der Waals surface area (Å²) in [6.45, 7) is 8.54. The number of hydrogen-bond donors (Lipinski definition) is 0. The number of rotatable bonds is 6. The van der Waals surface area contributed by atoms with Crippen LogP contribution in [-0.4, -0.2) is 32.1 Å². The molecule has 0 radical (unpaired) electrons. The molecule has 23 heavy (non-hydrogen) atoms. The van der Waals surface area contributed by atoms with Crippen LogP contribution >= 0.6 is 0 Å². The lowest BCUT2D eigenvalue weighted by Crippen LogP contribution is -2.44. The van der Waals surface area contributed by atoms with Crippen LogP contribution in [0.1, 0.15) is 25.8 Å². The Morgan fingerprint density at radius 2 is 2.00 bits per heavy atom. The van der Waals surface area contributed by atoms with E-state index in [-0.39, 0.29) is 24.3 Å². The molecule has 0 N–H and O–H groups in total. The predicted octanol–water partition coefficient (Wildman–Crippen LogP) is 3.59. The molecule has 4 heteroatoms. The third kappa shape index (κ3) is 5.05. The maximum absolute atomic E-state index is 11.6. The largest absolute Gasteiger partial charge is 0.462 e. The zero-order chi connectivity index (χ0) is 16.7. The molecular formula is C19H24O4. The van der Waals surface area contributed by atoms with Gasteiger partial charge in [-0.25, -0.2) is 4.79 Å². The van der Waals surface area contributed by atoms with E-state index in [4.69, 9.17) is 14.2 Å². The van der Waals surface area contributed by atoms with Gasteiger partial charge in [-0.2, -0.15) is 0 Å². The van der Waals surface area contributed by atoms with Crippen molar-refractivity contribution in [3.8, 4) is 0 Å². The molecular weight excluding hydrogens is 292 g/mol. The average molecular weight is 316 g/mol. The summed E-state index contributed by atoms with van der Waals surface area (Å²) < 4.78 is 16.8. The second-order valence-electron chi connectivity index (χ2n) is 5.97. The first-order valence-electron chi connectivity index (χ1n) is 7.84. The number of hydrogen-bond acceptors (Lipinski definition) is 4. The Balaban J connectivity index is 1.86. The number of ether oxygens (including phenoxy) is 3. The maximum atomic E-state index is 11.6. The zero-order valence-electron chi connectivity index (χ0n) is 13.8. The molecule has 1 aromatic rings. The molecule has 0 aromatic heterocycles. The van der Waals surface area contributed by atoms with Gasteiger partial charge >= 0.3 is 5.97 Å². The second kappa shape index (κ2) is 8.09. The van der Waals surface area contributed by atoms with Gasteiger partial charge in [0, 0.05) is 5.57 Å². The first-order chi connectivity index (χ1) is 11.0. The molecule has 1 aliphatic heterocycles. The summed E-state index contributed by atoms with van der Waals surface area (Å²) in [5.74, 6) is -0.371. The topological polar surface area (TPSA) is 44.8 Å². The van der Waals surface area contributed by atoms with Crippen LogP contribution < -0.4 is 0 Å². The van der Waals surface area contributed by atoms with Crippen molar-refractivity contribution in [2.75, 3.05) is 19.8 Å². The lowest BCUT2D eigenvalue weighted by molar-refractivity contribution is -0.218. The Morgan fingerprint density at radius 3 is 2.57 bits per heavy atom. The van der Waals surface area contributed by atoms with Crippen molar-refractivity contribution in [2.24, 2.45) is 5.41 Å². The van der Waals surface area contributed by atoms with Gasteiger partial charge in [0.25, 0.3) is 0 Å². The molecule has 0 atom stereocenters. The Hall–Kier alpha value is -1.91. The summed E-state index contributed by atoms with van der Waals surface area (Å²) >= 11 is 0. The van der Waals surface area contributed by atoms with Crippen molar-refractivity contribution < 1.29 is 19.0 Å². The van der Waals surface area contributed by atoms with Gasteiger partial charge < -0.3 is 14.2 Å². The minimum Gasteiger partial charge on any atom is -0.462 e. The number of benzene rings is 1. The van der Waals surface area contributed by atoms with Crippen molar-refractivity contribution in [1.29, 1.82) is 0 Å². The van der Waals surface area contributed by atoms with E-state index in [1.165, 1.54) is 0 Å². The van der Waals surface area contributed by atoms with Gasteiger partial charge in [0.05, 0.1) is 18.6 Å². The molecule has 0 bridgehead atoms. The summed E-state index contributed by atoms with van der Waals surface area (Å²) in [4.78, 5) is 11.6. The quantitative estimate of drug-likeness (QED) is 0.594. The van der Waals surface area contributed by atoms with Crippen LogP contribution in [0.3, 0.4) is 0 Å². The summed E-state index contributed by atoms with van der Waals surface area (Å²) in [5.41, 5.74) is 1.21. The van der Waals surface area contributed by atoms with Crippen molar-refractivity contribution in [3.05, 3.63) is 54.1 Å².